The van der Waals surface area contributed by atoms with E-state index in [1.807, 2.05) is 6.92 Å². The van der Waals surface area contributed by atoms with Gasteiger partial charge in [0.2, 0.25) is 0 Å². The number of rotatable bonds is 7. The van der Waals surface area contributed by atoms with Crippen molar-refractivity contribution in [2.75, 3.05) is 45.8 Å². The maximum Gasteiger partial charge on any atom is 0.511 e. The Labute approximate surface area is 171 Å². The molecule has 0 amide bonds. The molecule has 0 aromatic carbocycles. The highest BCUT2D eigenvalue weighted by molar-refractivity contribution is 7.90. The van der Waals surface area contributed by atoms with E-state index in [4.69, 9.17) is 4.99 Å². The molecular weight excluding hydrogens is 407 g/mol. The number of piperidine rings is 1. The molecule has 2 N–H and O–H groups in total. The molecule has 168 valence electrons. The minimum absolute atomic E-state index is 0.0963. The van der Waals surface area contributed by atoms with E-state index < -0.39 is 15.5 Å². The monoisotopic (exact) mass is 439 g/mol. The van der Waals surface area contributed by atoms with E-state index in [1.54, 1.807) is 0 Å². The van der Waals surface area contributed by atoms with Crippen LogP contribution in [-0.2, 0) is 10.0 Å². The zero-order valence-corrected chi connectivity index (χ0v) is 17.7. The number of halogens is 3. The zero-order chi connectivity index (χ0) is 21.1. The van der Waals surface area contributed by atoms with Crippen molar-refractivity contribution in [1.82, 2.24) is 19.8 Å². The van der Waals surface area contributed by atoms with Crippen molar-refractivity contribution in [3.8, 4) is 0 Å². The fourth-order valence-corrected chi connectivity index (χ4v) is 5.07. The molecule has 1 saturated carbocycles. The van der Waals surface area contributed by atoms with Gasteiger partial charge in [0.25, 0.3) is 0 Å². The molecule has 3 rings (SSSR count). The molecule has 11 heteroatoms. The van der Waals surface area contributed by atoms with E-state index in [9.17, 15) is 21.6 Å². The van der Waals surface area contributed by atoms with Gasteiger partial charge in [-0.3, -0.25) is 4.99 Å². The van der Waals surface area contributed by atoms with Gasteiger partial charge in [-0.05, 0) is 57.4 Å². The molecule has 2 saturated heterocycles. The Balaban J connectivity index is 1.42. The summed E-state index contributed by atoms with van der Waals surface area (Å²) in [5, 5.41) is 6.50. The summed E-state index contributed by atoms with van der Waals surface area (Å²) in [5.74, 6) is 1.42. The second kappa shape index (κ2) is 9.38. The summed E-state index contributed by atoms with van der Waals surface area (Å²) in [5.41, 5.74) is -5.22. The van der Waals surface area contributed by atoms with Crippen molar-refractivity contribution in [3.05, 3.63) is 0 Å². The predicted octanol–water partition coefficient (Wildman–Crippen LogP) is 1.59. The molecule has 2 heterocycles. The van der Waals surface area contributed by atoms with Gasteiger partial charge < -0.3 is 15.5 Å². The van der Waals surface area contributed by atoms with E-state index in [0.29, 0.717) is 29.6 Å². The second-order valence-electron chi connectivity index (χ2n) is 8.27. The van der Waals surface area contributed by atoms with Crippen molar-refractivity contribution in [3.63, 3.8) is 0 Å². The average Bonchev–Trinajstić information content (AvgIpc) is 3.42. The van der Waals surface area contributed by atoms with E-state index in [-0.39, 0.29) is 19.0 Å². The number of sulfonamides is 1. The lowest BCUT2D eigenvalue weighted by atomic mass is 9.98. The standard InChI is InChI=1S/C18H32F3N5O2S/c1-2-22-17(24-12-15-5-8-25(13-15)16-3-4-16)23-11-14-6-9-26(10-7-14)29(27,28)18(19,20)21/h14-16H,2-13H2,1H3,(H2,22,23,24). The van der Waals surface area contributed by atoms with Crippen molar-refractivity contribution in [1.29, 1.82) is 0 Å². The second-order valence-corrected chi connectivity index (χ2v) is 10.2. The predicted molar refractivity (Wildman–Crippen MR) is 106 cm³/mol. The van der Waals surface area contributed by atoms with Crippen LogP contribution in [0, 0.1) is 11.8 Å². The summed E-state index contributed by atoms with van der Waals surface area (Å²) in [7, 11) is -5.21. The summed E-state index contributed by atoms with van der Waals surface area (Å²) < 4.78 is 61.6. The SMILES string of the molecule is CCNC(=NCC1CCN(C2CC2)C1)NCC1CCN(S(=O)(=O)C(F)(F)F)CC1. The van der Waals surface area contributed by atoms with Gasteiger partial charge in [-0.25, -0.2) is 8.42 Å². The maximum absolute atomic E-state index is 12.7. The van der Waals surface area contributed by atoms with Gasteiger partial charge in [0.15, 0.2) is 5.96 Å². The van der Waals surface area contributed by atoms with Crippen LogP contribution in [0.4, 0.5) is 13.2 Å². The smallest absolute Gasteiger partial charge is 0.357 e. The van der Waals surface area contributed by atoms with Crippen LogP contribution in [0.5, 0.6) is 0 Å². The Kier molecular flexibility index (Phi) is 7.32. The molecule has 1 aliphatic carbocycles. The summed E-state index contributed by atoms with van der Waals surface area (Å²) in [6.45, 7) is 6.14. The van der Waals surface area contributed by atoms with Crippen LogP contribution in [-0.4, -0.2) is 80.9 Å². The Morgan fingerprint density at radius 3 is 2.28 bits per heavy atom. The van der Waals surface area contributed by atoms with Gasteiger partial charge in [-0.15, -0.1) is 0 Å². The molecule has 1 atom stereocenters. The van der Waals surface area contributed by atoms with Gasteiger partial charge in [0, 0.05) is 45.3 Å². The highest BCUT2D eigenvalue weighted by Gasteiger charge is 2.50. The minimum atomic E-state index is -5.22. The number of hydrogen-bond acceptors (Lipinski definition) is 4. The quantitative estimate of drug-likeness (QED) is 0.465. The number of alkyl halides is 3. The van der Waals surface area contributed by atoms with Crippen molar-refractivity contribution < 1.29 is 21.6 Å². The van der Waals surface area contributed by atoms with Gasteiger partial charge in [0.1, 0.15) is 0 Å². The third-order valence-corrected chi connectivity index (χ3v) is 7.63. The third-order valence-electron chi connectivity index (χ3n) is 6.00. The van der Waals surface area contributed by atoms with Gasteiger partial charge in [0.05, 0.1) is 0 Å². The Hall–Kier alpha value is -1.07. The Morgan fingerprint density at radius 1 is 1.03 bits per heavy atom. The number of aliphatic imine (C=N–C) groups is 1. The van der Waals surface area contributed by atoms with Crippen molar-refractivity contribution in [2.24, 2.45) is 16.8 Å². The molecule has 0 radical (unpaired) electrons. The number of hydrogen-bond donors (Lipinski definition) is 2. The highest BCUT2D eigenvalue weighted by Crippen LogP contribution is 2.32. The van der Waals surface area contributed by atoms with Gasteiger partial charge in [-0.1, -0.05) is 0 Å². The van der Waals surface area contributed by atoms with Gasteiger partial charge >= 0.3 is 15.5 Å². The highest BCUT2D eigenvalue weighted by atomic mass is 32.2. The third kappa shape index (κ3) is 5.97. The first-order valence-electron chi connectivity index (χ1n) is 10.5. The first-order chi connectivity index (χ1) is 13.7. The van der Waals surface area contributed by atoms with Crippen LogP contribution in [0.25, 0.3) is 0 Å². The lowest BCUT2D eigenvalue weighted by Crippen LogP contribution is -2.47. The van der Waals surface area contributed by atoms with E-state index in [1.165, 1.54) is 19.3 Å². The molecule has 0 aromatic rings. The van der Waals surface area contributed by atoms with Crippen molar-refractivity contribution >= 4 is 16.0 Å². The molecule has 2 aliphatic heterocycles. The molecule has 3 aliphatic rings. The Morgan fingerprint density at radius 2 is 1.69 bits per heavy atom. The van der Waals surface area contributed by atoms with Crippen LogP contribution in [0.15, 0.2) is 4.99 Å². The number of nitrogens with one attached hydrogen (secondary N) is 2. The number of guanidine groups is 1. The summed E-state index contributed by atoms with van der Waals surface area (Å²) in [6.07, 6.45) is 4.62. The van der Waals surface area contributed by atoms with E-state index in [0.717, 1.165) is 38.2 Å². The lowest BCUT2D eigenvalue weighted by Gasteiger charge is -2.31. The van der Waals surface area contributed by atoms with E-state index in [2.05, 4.69) is 15.5 Å². The molecular formula is C18H32F3N5O2S. The summed E-state index contributed by atoms with van der Waals surface area (Å²) >= 11 is 0. The normalized spacial score (nSPS) is 26.1. The summed E-state index contributed by atoms with van der Waals surface area (Å²) in [4.78, 5) is 7.25. The van der Waals surface area contributed by atoms with Crippen LogP contribution < -0.4 is 10.6 Å². The van der Waals surface area contributed by atoms with Crippen LogP contribution in [0.3, 0.4) is 0 Å². The van der Waals surface area contributed by atoms with Crippen LogP contribution in [0.2, 0.25) is 0 Å². The van der Waals surface area contributed by atoms with Crippen LogP contribution in [0.1, 0.15) is 39.0 Å². The molecule has 0 bridgehead atoms. The number of likely N-dealkylation sites (tertiary alicyclic amines) is 1. The minimum Gasteiger partial charge on any atom is -0.357 e. The number of nitrogens with zero attached hydrogens (tertiary/aromatic N) is 3. The Bertz CT molecular complexity index is 673. The molecule has 7 nitrogen and oxygen atoms in total. The van der Waals surface area contributed by atoms with E-state index >= 15 is 0 Å². The maximum atomic E-state index is 12.7. The largest absolute Gasteiger partial charge is 0.511 e. The topological polar surface area (TPSA) is 77.0 Å². The summed E-state index contributed by atoms with van der Waals surface area (Å²) in [6, 6.07) is 0.794. The van der Waals surface area contributed by atoms with Crippen molar-refractivity contribution in [2.45, 2.75) is 50.6 Å². The fraction of sp³-hybridized carbons (Fsp3) is 0.944. The van der Waals surface area contributed by atoms with Crippen LogP contribution >= 0.6 is 0 Å². The average molecular weight is 440 g/mol. The van der Waals surface area contributed by atoms with Gasteiger partial charge in [-0.2, -0.15) is 17.5 Å². The molecule has 1 unspecified atom stereocenters. The molecule has 29 heavy (non-hydrogen) atoms. The first kappa shape index (κ1) is 22.6. The molecule has 0 aromatic heterocycles. The fourth-order valence-electron chi connectivity index (χ4n) is 4.09. The lowest BCUT2D eigenvalue weighted by molar-refractivity contribution is -0.0496. The first-order valence-corrected chi connectivity index (χ1v) is 12.0. The molecule has 3 fully saturated rings. The zero-order valence-electron chi connectivity index (χ0n) is 16.9. The molecule has 0 spiro atoms.